The summed E-state index contributed by atoms with van der Waals surface area (Å²) in [5, 5.41) is 2.91. The molecule has 2 aliphatic rings. The molecule has 4 amide bonds. The van der Waals surface area contributed by atoms with Crippen molar-refractivity contribution < 1.29 is 14.4 Å². The molecule has 0 saturated carbocycles. The summed E-state index contributed by atoms with van der Waals surface area (Å²) in [6.45, 7) is 5.68. The molecule has 8 heteroatoms. The first-order valence-corrected chi connectivity index (χ1v) is 11.2. The average Bonchev–Trinajstić information content (AvgIpc) is 3.00. The summed E-state index contributed by atoms with van der Waals surface area (Å²) in [6, 6.07) is 13.4. The Balaban J connectivity index is 1.21. The van der Waals surface area contributed by atoms with Gasteiger partial charge in [0.25, 0.3) is 11.8 Å². The van der Waals surface area contributed by atoms with Crippen LogP contribution in [0.1, 0.15) is 32.7 Å². The highest BCUT2D eigenvalue weighted by molar-refractivity contribution is 9.10. The van der Waals surface area contributed by atoms with Crippen LogP contribution >= 0.6 is 15.9 Å². The van der Waals surface area contributed by atoms with Gasteiger partial charge < -0.3 is 15.1 Å². The monoisotopic (exact) mass is 484 g/mol. The van der Waals surface area contributed by atoms with E-state index in [9.17, 15) is 14.4 Å². The van der Waals surface area contributed by atoms with E-state index in [0.717, 1.165) is 17.6 Å². The lowest BCUT2D eigenvalue weighted by molar-refractivity contribution is 0.0653. The zero-order chi connectivity index (χ0) is 22.0. The Labute approximate surface area is 190 Å². The van der Waals surface area contributed by atoms with E-state index in [1.54, 1.807) is 18.2 Å². The minimum absolute atomic E-state index is 0.102. The van der Waals surface area contributed by atoms with Crippen LogP contribution in [-0.2, 0) is 0 Å². The van der Waals surface area contributed by atoms with E-state index in [1.807, 2.05) is 4.90 Å². The van der Waals surface area contributed by atoms with Crippen LogP contribution in [-0.4, -0.2) is 66.9 Å². The van der Waals surface area contributed by atoms with Crippen LogP contribution in [0.25, 0.3) is 0 Å². The lowest BCUT2D eigenvalue weighted by atomic mass is 10.1. The molecule has 4 rings (SSSR count). The van der Waals surface area contributed by atoms with Crippen molar-refractivity contribution in [2.45, 2.75) is 13.3 Å². The number of carbonyl (C=O) groups is 3. The minimum Gasteiger partial charge on any atom is -0.368 e. The molecule has 2 heterocycles. The first-order valence-electron chi connectivity index (χ1n) is 10.4. The number of urea groups is 1. The number of nitrogens with one attached hydrogen (secondary N) is 1. The number of nitrogens with zero attached hydrogens (tertiary/aromatic N) is 3. The predicted octanol–water partition coefficient (Wildman–Crippen LogP) is 3.28. The number of aryl methyl sites for hydroxylation is 1. The topological polar surface area (TPSA) is 73.0 Å². The summed E-state index contributed by atoms with van der Waals surface area (Å²) in [6.07, 6.45) is 0.516. The smallest absolute Gasteiger partial charge is 0.317 e. The summed E-state index contributed by atoms with van der Waals surface area (Å²) in [5.74, 6) is -0.550. The van der Waals surface area contributed by atoms with E-state index in [0.29, 0.717) is 37.2 Å². The summed E-state index contributed by atoms with van der Waals surface area (Å²) in [5.41, 5.74) is 3.27. The number of imide groups is 1. The Bertz CT molecular complexity index is 1020. The number of hydrogen-bond acceptors (Lipinski definition) is 4. The van der Waals surface area contributed by atoms with E-state index in [2.05, 4.69) is 57.3 Å². The van der Waals surface area contributed by atoms with Gasteiger partial charge in [-0.05, 0) is 49.2 Å². The van der Waals surface area contributed by atoms with E-state index in [-0.39, 0.29) is 24.4 Å². The lowest BCUT2D eigenvalue weighted by Crippen LogP contribution is -2.52. The molecule has 2 aromatic carbocycles. The van der Waals surface area contributed by atoms with Crippen LogP contribution in [0.2, 0.25) is 0 Å². The summed E-state index contributed by atoms with van der Waals surface area (Å²) >= 11 is 3.33. The summed E-state index contributed by atoms with van der Waals surface area (Å²) in [7, 11) is 0. The van der Waals surface area contributed by atoms with Crippen LogP contribution in [0.4, 0.5) is 10.5 Å². The van der Waals surface area contributed by atoms with Crippen molar-refractivity contribution in [3.63, 3.8) is 0 Å². The summed E-state index contributed by atoms with van der Waals surface area (Å²) < 4.78 is 0.768. The van der Waals surface area contributed by atoms with Gasteiger partial charge in [0.1, 0.15) is 0 Å². The van der Waals surface area contributed by atoms with Gasteiger partial charge in [0.2, 0.25) is 0 Å². The van der Waals surface area contributed by atoms with Gasteiger partial charge in [-0.3, -0.25) is 14.5 Å². The number of hydrogen-bond donors (Lipinski definition) is 1. The van der Waals surface area contributed by atoms with Crippen molar-refractivity contribution in [2.75, 3.05) is 44.2 Å². The normalized spacial score (nSPS) is 16.0. The molecule has 0 unspecified atom stereocenters. The second-order valence-electron chi connectivity index (χ2n) is 7.85. The van der Waals surface area contributed by atoms with Crippen LogP contribution in [0, 0.1) is 6.92 Å². The molecule has 0 bridgehead atoms. The molecule has 31 heavy (non-hydrogen) atoms. The Hall–Kier alpha value is -2.87. The fraction of sp³-hybridized carbons (Fsp3) is 0.348. The molecule has 2 aromatic rings. The van der Waals surface area contributed by atoms with Crippen molar-refractivity contribution >= 4 is 39.5 Å². The van der Waals surface area contributed by atoms with Crippen molar-refractivity contribution in [3.8, 4) is 0 Å². The average molecular weight is 485 g/mol. The molecule has 2 aliphatic heterocycles. The molecule has 162 valence electrons. The molecule has 1 fully saturated rings. The maximum atomic E-state index is 12.5. The van der Waals surface area contributed by atoms with Gasteiger partial charge >= 0.3 is 6.03 Å². The number of piperazine rings is 1. The highest BCUT2D eigenvalue weighted by Gasteiger charge is 2.35. The number of carbonyl (C=O) groups excluding carboxylic acids is 3. The molecule has 0 radical (unpaired) electrons. The van der Waals surface area contributed by atoms with E-state index in [1.165, 1.54) is 16.2 Å². The Morgan fingerprint density at radius 3 is 2.48 bits per heavy atom. The Kier molecular flexibility index (Phi) is 6.27. The Morgan fingerprint density at radius 2 is 1.74 bits per heavy atom. The molecule has 0 aromatic heterocycles. The fourth-order valence-corrected chi connectivity index (χ4v) is 4.36. The number of rotatable bonds is 5. The largest absolute Gasteiger partial charge is 0.368 e. The lowest BCUT2D eigenvalue weighted by Gasteiger charge is -2.36. The molecule has 1 saturated heterocycles. The second-order valence-corrected chi connectivity index (χ2v) is 8.77. The number of benzene rings is 2. The molecular weight excluding hydrogens is 460 g/mol. The zero-order valence-electron chi connectivity index (χ0n) is 17.4. The fourth-order valence-electron chi connectivity index (χ4n) is 4.00. The number of fused-ring (bicyclic) bond motifs is 1. The minimum atomic E-state index is -0.278. The molecule has 7 nitrogen and oxygen atoms in total. The van der Waals surface area contributed by atoms with Gasteiger partial charge in [-0.25, -0.2) is 4.79 Å². The SMILES string of the molecule is Cc1cccc(N2CCN(C(=O)NCCCN3C(=O)c4ccc(Br)cc4C3=O)CC2)c1. The standard InChI is InChI=1S/C23H25BrN4O3/c1-16-4-2-5-18(14-16)26-10-12-27(13-11-26)23(31)25-8-3-9-28-21(29)19-7-6-17(24)15-20(19)22(28)30/h2,4-7,14-15H,3,8-13H2,1H3,(H,25,31). The molecule has 0 spiro atoms. The van der Waals surface area contributed by atoms with Crippen molar-refractivity contribution in [1.82, 2.24) is 15.1 Å². The van der Waals surface area contributed by atoms with Crippen molar-refractivity contribution in [1.29, 1.82) is 0 Å². The predicted molar refractivity (Wildman–Crippen MR) is 122 cm³/mol. The third-order valence-electron chi connectivity index (χ3n) is 5.70. The maximum absolute atomic E-state index is 12.5. The molecule has 1 N–H and O–H groups in total. The first kappa shape index (κ1) is 21.4. The van der Waals surface area contributed by atoms with Gasteiger partial charge in [-0.1, -0.05) is 28.1 Å². The van der Waals surface area contributed by atoms with Gasteiger partial charge in [0.05, 0.1) is 11.1 Å². The summed E-state index contributed by atoms with van der Waals surface area (Å²) in [4.78, 5) is 42.8. The van der Waals surface area contributed by atoms with Crippen LogP contribution in [0.15, 0.2) is 46.9 Å². The van der Waals surface area contributed by atoms with E-state index < -0.39 is 0 Å². The third kappa shape index (κ3) is 4.58. The van der Waals surface area contributed by atoms with Crippen LogP contribution < -0.4 is 10.2 Å². The second kappa shape index (κ2) is 9.09. The maximum Gasteiger partial charge on any atom is 0.317 e. The van der Waals surface area contributed by atoms with Gasteiger partial charge in [0, 0.05) is 49.4 Å². The number of amides is 4. The van der Waals surface area contributed by atoms with E-state index in [4.69, 9.17) is 0 Å². The first-order chi connectivity index (χ1) is 14.9. The molecular formula is C23H25BrN4O3. The third-order valence-corrected chi connectivity index (χ3v) is 6.19. The van der Waals surface area contributed by atoms with Crippen LogP contribution in [0.5, 0.6) is 0 Å². The number of halogens is 1. The quantitative estimate of drug-likeness (QED) is 0.522. The highest BCUT2D eigenvalue weighted by Crippen LogP contribution is 2.26. The van der Waals surface area contributed by atoms with Crippen molar-refractivity contribution in [3.05, 3.63) is 63.6 Å². The molecule has 0 aliphatic carbocycles. The van der Waals surface area contributed by atoms with Gasteiger partial charge in [-0.2, -0.15) is 0 Å². The zero-order valence-corrected chi connectivity index (χ0v) is 19.0. The highest BCUT2D eigenvalue weighted by atomic mass is 79.9. The van der Waals surface area contributed by atoms with Gasteiger partial charge in [0.15, 0.2) is 0 Å². The van der Waals surface area contributed by atoms with Crippen LogP contribution in [0.3, 0.4) is 0 Å². The van der Waals surface area contributed by atoms with Gasteiger partial charge in [-0.15, -0.1) is 0 Å². The number of anilines is 1. The van der Waals surface area contributed by atoms with E-state index >= 15 is 0 Å². The van der Waals surface area contributed by atoms with Crippen molar-refractivity contribution in [2.24, 2.45) is 0 Å². The molecule has 0 atom stereocenters. The Morgan fingerprint density at radius 1 is 1.00 bits per heavy atom.